The van der Waals surface area contributed by atoms with Gasteiger partial charge in [-0.1, -0.05) is 39.0 Å². The lowest BCUT2D eigenvalue weighted by Gasteiger charge is -2.21. The highest BCUT2D eigenvalue weighted by Gasteiger charge is 2.20. The van der Waals surface area contributed by atoms with Crippen molar-refractivity contribution >= 4 is 5.97 Å². The van der Waals surface area contributed by atoms with E-state index in [-0.39, 0.29) is 30.2 Å². The van der Waals surface area contributed by atoms with E-state index in [1.165, 1.54) is 6.07 Å². The topological polar surface area (TPSA) is 66.9 Å². The van der Waals surface area contributed by atoms with Crippen molar-refractivity contribution in [2.45, 2.75) is 53.6 Å². The largest absolute Gasteiger partial charge is 0.497 e. The molecule has 0 spiro atoms. The summed E-state index contributed by atoms with van der Waals surface area (Å²) < 4.78 is 36.9. The molecule has 7 heteroatoms. The molecule has 0 saturated heterocycles. The lowest BCUT2D eigenvalue weighted by Crippen LogP contribution is -2.13. The standard InChI is InChI=1S/C30H36FNO5/c1-7-36-28(33)16-11-20-9-8-10-27(29(20)35-6)37-19-21-12-14-23(26(32-21)18-30(2,3)4)24-17-22(34-5)13-15-25(24)31/h8-10,12-15,17H,7,11,16,18-19H2,1-6H3. The minimum absolute atomic E-state index is 0.0625. The molecule has 1 aromatic heterocycles. The molecule has 198 valence electrons. The Labute approximate surface area is 218 Å². The molecule has 0 aliphatic heterocycles. The summed E-state index contributed by atoms with van der Waals surface area (Å²) in [6, 6.07) is 14.0. The first-order valence-corrected chi connectivity index (χ1v) is 12.4. The van der Waals surface area contributed by atoms with Gasteiger partial charge in [-0.25, -0.2) is 4.39 Å². The van der Waals surface area contributed by atoms with E-state index < -0.39 is 0 Å². The number of esters is 1. The predicted molar refractivity (Wildman–Crippen MR) is 142 cm³/mol. The zero-order valence-corrected chi connectivity index (χ0v) is 22.5. The molecule has 0 fully saturated rings. The summed E-state index contributed by atoms with van der Waals surface area (Å²) >= 11 is 0. The molecule has 0 radical (unpaired) electrons. The van der Waals surface area contributed by atoms with E-state index in [9.17, 15) is 9.18 Å². The van der Waals surface area contributed by atoms with E-state index in [0.29, 0.717) is 48.0 Å². The van der Waals surface area contributed by atoms with Gasteiger partial charge in [0.2, 0.25) is 0 Å². The van der Waals surface area contributed by atoms with Crippen molar-refractivity contribution in [1.82, 2.24) is 4.98 Å². The Bertz CT molecular complexity index is 1220. The van der Waals surface area contributed by atoms with E-state index in [1.54, 1.807) is 33.3 Å². The van der Waals surface area contributed by atoms with Crippen LogP contribution in [0.1, 0.15) is 51.1 Å². The molecule has 0 N–H and O–H groups in total. The van der Waals surface area contributed by atoms with Crippen LogP contribution in [0.5, 0.6) is 17.2 Å². The van der Waals surface area contributed by atoms with Crippen molar-refractivity contribution in [2.75, 3.05) is 20.8 Å². The van der Waals surface area contributed by atoms with Gasteiger partial charge in [-0.15, -0.1) is 0 Å². The number of pyridine rings is 1. The van der Waals surface area contributed by atoms with Crippen molar-refractivity contribution < 1.29 is 28.1 Å². The number of halogens is 1. The summed E-state index contributed by atoms with van der Waals surface area (Å²) in [5.41, 5.74) is 3.48. The van der Waals surface area contributed by atoms with Gasteiger partial charge in [-0.3, -0.25) is 9.78 Å². The Morgan fingerprint density at radius 1 is 1.00 bits per heavy atom. The lowest BCUT2D eigenvalue weighted by molar-refractivity contribution is -0.143. The molecule has 0 atom stereocenters. The molecule has 3 aromatic rings. The van der Waals surface area contributed by atoms with Crippen LogP contribution >= 0.6 is 0 Å². The number of para-hydroxylation sites is 1. The van der Waals surface area contributed by atoms with Crippen LogP contribution < -0.4 is 14.2 Å². The number of carbonyl (C=O) groups is 1. The number of methoxy groups -OCH3 is 2. The summed E-state index contributed by atoms with van der Waals surface area (Å²) in [5, 5.41) is 0. The molecule has 0 unspecified atom stereocenters. The van der Waals surface area contributed by atoms with Gasteiger partial charge in [-0.2, -0.15) is 0 Å². The molecule has 0 aliphatic carbocycles. The van der Waals surface area contributed by atoms with E-state index >= 15 is 0 Å². The second-order valence-electron chi connectivity index (χ2n) is 9.92. The van der Waals surface area contributed by atoms with Crippen LogP contribution in [0.15, 0.2) is 48.5 Å². The highest BCUT2D eigenvalue weighted by atomic mass is 19.1. The Morgan fingerprint density at radius 3 is 2.46 bits per heavy atom. The van der Waals surface area contributed by atoms with Gasteiger partial charge < -0.3 is 18.9 Å². The first kappa shape index (κ1) is 28.0. The molecule has 6 nitrogen and oxygen atoms in total. The number of carbonyl (C=O) groups excluding carboxylic acids is 1. The number of hydrogen-bond donors (Lipinski definition) is 0. The smallest absolute Gasteiger partial charge is 0.306 e. The maximum Gasteiger partial charge on any atom is 0.306 e. The number of aromatic nitrogens is 1. The molecule has 1 heterocycles. The molecule has 3 rings (SSSR count). The van der Waals surface area contributed by atoms with Crippen LogP contribution in [0.4, 0.5) is 4.39 Å². The van der Waals surface area contributed by atoms with Crippen molar-refractivity contribution in [1.29, 1.82) is 0 Å². The number of ether oxygens (including phenoxy) is 4. The Kier molecular flexibility index (Phi) is 9.50. The third kappa shape index (κ3) is 7.68. The maximum absolute atomic E-state index is 14.8. The first-order chi connectivity index (χ1) is 17.6. The number of benzene rings is 2. The summed E-state index contributed by atoms with van der Waals surface area (Å²) in [6.45, 7) is 8.71. The van der Waals surface area contributed by atoms with Crippen molar-refractivity contribution in [3.8, 4) is 28.4 Å². The fourth-order valence-electron chi connectivity index (χ4n) is 4.07. The minimum Gasteiger partial charge on any atom is -0.497 e. The average molecular weight is 510 g/mol. The van der Waals surface area contributed by atoms with E-state index in [1.807, 2.05) is 30.3 Å². The summed E-state index contributed by atoms with van der Waals surface area (Å²) in [6.07, 6.45) is 1.39. The fraction of sp³-hybridized carbons (Fsp3) is 0.400. The Hall–Kier alpha value is -3.61. The van der Waals surface area contributed by atoms with Crippen LogP contribution in [0.3, 0.4) is 0 Å². The fourth-order valence-corrected chi connectivity index (χ4v) is 4.07. The van der Waals surface area contributed by atoms with Gasteiger partial charge in [0, 0.05) is 23.2 Å². The molecular weight excluding hydrogens is 473 g/mol. The molecular formula is C30H36FNO5. The quantitative estimate of drug-likeness (QED) is 0.273. The molecule has 0 aliphatic rings. The lowest BCUT2D eigenvalue weighted by atomic mass is 9.87. The van der Waals surface area contributed by atoms with E-state index in [0.717, 1.165) is 16.8 Å². The van der Waals surface area contributed by atoms with E-state index in [2.05, 4.69) is 20.8 Å². The van der Waals surface area contributed by atoms with Crippen LogP contribution in [-0.2, 0) is 29.0 Å². The highest BCUT2D eigenvalue weighted by Crippen LogP contribution is 2.34. The SMILES string of the molecule is CCOC(=O)CCc1cccc(OCc2ccc(-c3cc(OC)ccc3F)c(CC(C)(C)C)n2)c1OC. The average Bonchev–Trinajstić information content (AvgIpc) is 2.86. The summed E-state index contributed by atoms with van der Waals surface area (Å²) in [4.78, 5) is 16.7. The molecule has 0 amide bonds. The van der Waals surface area contributed by atoms with Gasteiger partial charge in [0.25, 0.3) is 0 Å². The van der Waals surface area contributed by atoms with E-state index in [4.69, 9.17) is 23.9 Å². The molecule has 0 saturated carbocycles. The molecule has 2 aromatic carbocycles. The minimum atomic E-state index is -0.328. The van der Waals surface area contributed by atoms with Crippen LogP contribution in [0.25, 0.3) is 11.1 Å². The van der Waals surface area contributed by atoms with Crippen LogP contribution in [-0.4, -0.2) is 31.8 Å². The van der Waals surface area contributed by atoms with Gasteiger partial charge >= 0.3 is 5.97 Å². The second kappa shape index (κ2) is 12.6. The monoisotopic (exact) mass is 509 g/mol. The highest BCUT2D eigenvalue weighted by molar-refractivity contribution is 5.70. The zero-order valence-electron chi connectivity index (χ0n) is 22.5. The van der Waals surface area contributed by atoms with Crippen molar-refractivity contribution in [3.63, 3.8) is 0 Å². The molecule has 37 heavy (non-hydrogen) atoms. The third-order valence-corrected chi connectivity index (χ3v) is 5.74. The van der Waals surface area contributed by atoms with Crippen LogP contribution in [0.2, 0.25) is 0 Å². The number of nitrogens with zero attached hydrogens (tertiary/aromatic N) is 1. The maximum atomic E-state index is 14.8. The van der Waals surface area contributed by atoms with Gasteiger partial charge in [-0.05, 0) is 61.1 Å². The zero-order chi connectivity index (χ0) is 27.0. The summed E-state index contributed by atoms with van der Waals surface area (Å²) in [7, 11) is 3.14. The second-order valence-corrected chi connectivity index (χ2v) is 9.92. The number of rotatable bonds is 11. The number of aryl methyl sites for hydroxylation is 1. The van der Waals surface area contributed by atoms with Gasteiger partial charge in [0.1, 0.15) is 18.2 Å². The van der Waals surface area contributed by atoms with Gasteiger partial charge in [0.15, 0.2) is 11.5 Å². The summed E-state index contributed by atoms with van der Waals surface area (Å²) in [5.74, 6) is 1.15. The van der Waals surface area contributed by atoms with Crippen molar-refractivity contribution in [2.24, 2.45) is 5.41 Å². The normalized spacial score (nSPS) is 11.2. The van der Waals surface area contributed by atoms with Crippen LogP contribution in [0, 0.1) is 11.2 Å². The van der Waals surface area contributed by atoms with Gasteiger partial charge in [0.05, 0.1) is 26.5 Å². The number of hydrogen-bond acceptors (Lipinski definition) is 6. The molecule has 0 bridgehead atoms. The third-order valence-electron chi connectivity index (χ3n) is 5.74. The predicted octanol–water partition coefficient (Wildman–Crippen LogP) is 6.57. The van der Waals surface area contributed by atoms with Crippen molar-refractivity contribution in [3.05, 3.63) is 71.3 Å². The first-order valence-electron chi connectivity index (χ1n) is 12.4. The Morgan fingerprint density at radius 2 is 1.78 bits per heavy atom. The Balaban J connectivity index is 1.87.